The highest BCUT2D eigenvalue weighted by atomic mass is 32.1. The molecule has 1 fully saturated rings. The van der Waals surface area contributed by atoms with Gasteiger partial charge in [0.15, 0.2) is 0 Å². The fourth-order valence-electron chi connectivity index (χ4n) is 2.41. The van der Waals surface area contributed by atoms with Gasteiger partial charge in [0.25, 0.3) is 0 Å². The van der Waals surface area contributed by atoms with Gasteiger partial charge in [-0.25, -0.2) is 4.98 Å². The van der Waals surface area contributed by atoms with E-state index in [0.717, 1.165) is 32.7 Å². The Balaban J connectivity index is 1.86. The number of rotatable bonds is 3. The molecule has 1 aliphatic rings. The normalized spacial score (nSPS) is 17.5. The summed E-state index contributed by atoms with van der Waals surface area (Å²) in [6.07, 6.45) is 0. The molecule has 1 aromatic heterocycles. The second kappa shape index (κ2) is 6.44. The minimum absolute atomic E-state index is 0.102. The van der Waals surface area contributed by atoms with Crippen LogP contribution in [-0.4, -0.2) is 46.9 Å². The molecule has 0 unspecified atom stereocenters. The van der Waals surface area contributed by atoms with E-state index in [1.54, 1.807) is 11.3 Å². The third-order valence-electron chi connectivity index (χ3n) is 3.86. The van der Waals surface area contributed by atoms with Gasteiger partial charge < -0.3 is 4.90 Å². The average molecular weight is 309 g/mol. The summed E-state index contributed by atoms with van der Waals surface area (Å²) in [6.45, 7) is 15.0. The first-order valence-corrected chi connectivity index (χ1v) is 8.61. The van der Waals surface area contributed by atoms with Crippen LogP contribution in [0, 0.1) is 5.92 Å². The maximum atomic E-state index is 12.0. The molecule has 2 heterocycles. The second-order valence-corrected chi connectivity index (χ2v) is 8.08. The van der Waals surface area contributed by atoms with Crippen molar-refractivity contribution in [3.05, 3.63) is 16.1 Å². The standard InChI is InChI=1S/C16H27N3OS/c1-12(2)15(20)19-8-6-18(7-9-19)10-14-17-13(11-21-14)16(3,4)5/h11-12H,6-10H2,1-5H3. The highest BCUT2D eigenvalue weighted by molar-refractivity contribution is 7.09. The van der Waals surface area contributed by atoms with Crippen molar-refractivity contribution >= 4 is 17.2 Å². The third-order valence-corrected chi connectivity index (χ3v) is 4.69. The number of piperazine rings is 1. The Morgan fingerprint density at radius 1 is 1.29 bits per heavy atom. The topological polar surface area (TPSA) is 36.4 Å². The maximum absolute atomic E-state index is 12.0. The molecular formula is C16H27N3OS. The lowest BCUT2D eigenvalue weighted by Crippen LogP contribution is -2.49. The second-order valence-electron chi connectivity index (χ2n) is 7.13. The summed E-state index contributed by atoms with van der Waals surface area (Å²) in [4.78, 5) is 21.1. The molecule has 21 heavy (non-hydrogen) atoms. The van der Waals surface area contributed by atoms with Crippen LogP contribution >= 0.6 is 11.3 Å². The average Bonchev–Trinajstić information content (AvgIpc) is 2.87. The monoisotopic (exact) mass is 309 g/mol. The van der Waals surface area contributed by atoms with E-state index in [0.29, 0.717) is 0 Å². The number of aromatic nitrogens is 1. The van der Waals surface area contributed by atoms with E-state index in [1.165, 1.54) is 10.7 Å². The molecule has 0 aromatic carbocycles. The third kappa shape index (κ3) is 4.27. The van der Waals surface area contributed by atoms with Crippen molar-refractivity contribution in [1.82, 2.24) is 14.8 Å². The van der Waals surface area contributed by atoms with Crippen LogP contribution in [0.1, 0.15) is 45.3 Å². The molecular weight excluding hydrogens is 282 g/mol. The maximum Gasteiger partial charge on any atom is 0.225 e. The van der Waals surface area contributed by atoms with Gasteiger partial charge in [-0.05, 0) is 0 Å². The molecule has 0 radical (unpaired) electrons. The summed E-state index contributed by atoms with van der Waals surface area (Å²) in [5.41, 5.74) is 1.30. The van der Waals surface area contributed by atoms with Crippen molar-refractivity contribution in [1.29, 1.82) is 0 Å². The number of amides is 1. The lowest BCUT2D eigenvalue weighted by atomic mass is 9.93. The van der Waals surface area contributed by atoms with Crippen LogP contribution in [0.5, 0.6) is 0 Å². The van der Waals surface area contributed by atoms with E-state index in [1.807, 2.05) is 18.7 Å². The Morgan fingerprint density at radius 3 is 2.38 bits per heavy atom. The van der Waals surface area contributed by atoms with Gasteiger partial charge in [0, 0.05) is 42.9 Å². The molecule has 1 aromatic rings. The molecule has 1 aliphatic heterocycles. The Bertz CT molecular complexity index is 482. The van der Waals surface area contributed by atoms with Gasteiger partial charge in [-0.15, -0.1) is 11.3 Å². The highest BCUT2D eigenvalue weighted by Gasteiger charge is 2.24. The lowest BCUT2D eigenvalue weighted by molar-refractivity contribution is -0.136. The van der Waals surface area contributed by atoms with Crippen LogP contribution in [0.4, 0.5) is 0 Å². The first-order chi connectivity index (χ1) is 9.77. The van der Waals surface area contributed by atoms with Gasteiger partial charge in [0.1, 0.15) is 5.01 Å². The van der Waals surface area contributed by atoms with Crippen molar-refractivity contribution in [3.8, 4) is 0 Å². The molecule has 2 rings (SSSR count). The van der Waals surface area contributed by atoms with Gasteiger partial charge in [0.2, 0.25) is 5.91 Å². The summed E-state index contributed by atoms with van der Waals surface area (Å²) in [5.74, 6) is 0.378. The van der Waals surface area contributed by atoms with Crippen LogP contribution in [0.3, 0.4) is 0 Å². The fraction of sp³-hybridized carbons (Fsp3) is 0.750. The zero-order valence-corrected chi connectivity index (χ0v) is 14.7. The van der Waals surface area contributed by atoms with Gasteiger partial charge in [-0.3, -0.25) is 9.69 Å². The minimum Gasteiger partial charge on any atom is -0.340 e. The number of hydrogen-bond donors (Lipinski definition) is 0. The zero-order valence-electron chi connectivity index (χ0n) is 13.8. The lowest BCUT2D eigenvalue weighted by Gasteiger charge is -2.35. The Labute approximate surface area is 132 Å². The van der Waals surface area contributed by atoms with Crippen LogP contribution < -0.4 is 0 Å². The van der Waals surface area contributed by atoms with Gasteiger partial charge in [-0.2, -0.15) is 0 Å². The van der Waals surface area contributed by atoms with Crippen molar-refractivity contribution in [2.45, 2.75) is 46.6 Å². The predicted octanol–water partition coefficient (Wildman–Crippen LogP) is 2.74. The number of nitrogens with zero attached hydrogens (tertiary/aromatic N) is 3. The van der Waals surface area contributed by atoms with Crippen LogP contribution in [0.2, 0.25) is 0 Å². The minimum atomic E-state index is 0.102. The Kier molecular flexibility index (Phi) is 5.04. The van der Waals surface area contributed by atoms with Crippen molar-refractivity contribution in [3.63, 3.8) is 0 Å². The number of carbonyl (C=O) groups is 1. The van der Waals surface area contributed by atoms with E-state index in [4.69, 9.17) is 4.98 Å². The molecule has 1 amide bonds. The summed E-state index contributed by atoms with van der Waals surface area (Å²) >= 11 is 1.75. The van der Waals surface area contributed by atoms with Crippen molar-refractivity contribution < 1.29 is 4.79 Å². The largest absolute Gasteiger partial charge is 0.340 e. The first-order valence-electron chi connectivity index (χ1n) is 7.73. The molecule has 4 nitrogen and oxygen atoms in total. The molecule has 1 saturated heterocycles. The van der Waals surface area contributed by atoms with E-state index in [-0.39, 0.29) is 17.2 Å². The fourth-order valence-corrected chi connectivity index (χ4v) is 3.47. The smallest absolute Gasteiger partial charge is 0.225 e. The van der Waals surface area contributed by atoms with E-state index >= 15 is 0 Å². The summed E-state index contributed by atoms with van der Waals surface area (Å²) in [6, 6.07) is 0. The number of hydrogen-bond acceptors (Lipinski definition) is 4. The molecule has 5 heteroatoms. The Morgan fingerprint density at radius 2 is 1.90 bits per heavy atom. The number of carbonyl (C=O) groups excluding carboxylic acids is 1. The van der Waals surface area contributed by atoms with E-state index in [9.17, 15) is 4.79 Å². The summed E-state index contributed by atoms with van der Waals surface area (Å²) in [5, 5.41) is 3.36. The van der Waals surface area contributed by atoms with Gasteiger partial charge >= 0.3 is 0 Å². The van der Waals surface area contributed by atoms with Crippen LogP contribution in [0.25, 0.3) is 0 Å². The first kappa shape index (κ1) is 16.4. The summed E-state index contributed by atoms with van der Waals surface area (Å²) < 4.78 is 0. The van der Waals surface area contributed by atoms with Crippen molar-refractivity contribution in [2.75, 3.05) is 26.2 Å². The Hall–Kier alpha value is -0.940. The molecule has 118 valence electrons. The van der Waals surface area contributed by atoms with Gasteiger partial charge in [0.05, 0.1) is 12.2 Å². The highest BCUT2D eigenvalue weighted by Crippen LogP contribution is 2.24. The van der Waals surface area contributed by atoms with Crippen LogP contribution in [0.15, 0.2) is 5.38 Å². The SMILES string of the molecule is CC(C)C(=O)N1CCN(Cc2nc(C(C)(C)C)cs2)CC1. The molecule has 0 saturated carbocycles. The van der Waals surface area contributed by atoms with E-state index < -0.39 is 0 Å². The zero-order chi connectivity index (χ0) is 15.6. The van der Waals surface area contributed by atoms with E-state index in [2.05, 4.69) is 31.1 Å². The molecule has 0 atom stereocenters. The molecule has 0 N–H and O–H groups in total. The number of thiazole rings is 1. The van der Waals surface area contributed by atoms with Crippen molar-refractivity contribution in [2.24, 2.45) is 5.92 Å². The predicted molar refractivity (Wildman–Crippen MR) is 87.5 cm³/mol. The quantitative estimate of drug-likeness (QED) is 0.861. The molecule has 0 spiro atoms. The molecule has 0 bridgehead atoms. The summed E-state index contributed by atoms with van der Waals surface area (Å²) in [7, 11) is 0. The van der Waals surface area contributed by atoms with Gasteiger partial charge in [-0.1, -0.05) is 34.6 Å². The molecule has 0 aliphatic carbocycles. The van der Waals surface area contributed by atoms with Crippen LogP contribution in [-0.2, 0) is 16.8 Å².